The standard InChI is InChI=1S/C27HF4N13/c28-24-39-22(40-25(29)43-24)20-13(6-36)11-1-12-14(7-37)21(23-41-26(30)44-27(31)42-23)17(10(4-34)5-35)19(12)15(8-38)18(11)16(20)9(2-32)3-33/h1H. The van der Waals surface area contributed by atoms with Crippen molar-refractivity contribution in [3.63, 3.8) is 0 Å². The third kappa shape index (κ3) is 3.95. The van der Waals surface area contributed by atoms with Gasteiger partial charge < -0.3 is 0 Å². The first-order chi connectivity index (χ1) is 21.2. The molecule has 2 aromatic heterocycles. The number of halogens is 4. The second kappa shape index (κ2) is 10.4. The summed E-state index contributed by atoms with van der Waals surface area (Å²) in [5.74, 6) is -1.66. The maximum atomic E-state index is 14.1. The molecule has 0 amide bonds. The number of benzene rings is 1. The average Bonchev–Trinajstić information content (AvgIpc) is 3.49. The first kappa shape index (κ1) is 27.9. The molecule has 5 rings (SSSR count). The zero-order valence-electron chi connectivity index (χ0n) is 20.9. The third-order valence-corrected chi connectivity index (χ3v) is 6.26. The smallest absolute Gasteiger partial charge is 0.192 e. The lowest BCUT2D eigenvalue weighted by molar-refractivity contribution is 0.451. The second-order valence-electron chi connectivity index (χ2n) is 8.27. The van der Waals surface area contributed by atoms with E-state index in [2.05, 4.69) is 29.9 Å². The Morgan fingerprint density at radius 3 is 1.11 bits per heavy atom. The van der Waals surface area contributed by atoms with E-state index in [9.17, 15) is 54.4 Å². The minimum Gasteiger partial charge on any atom is -0.192 e. The quantitative estimate of drug-likeness (QED) is 0.311. The van der Waals surface area contributed by atoms with Crippen molar-refractivity contribution >= 4 is 33.4 Å². The Morgan fingerprint density at radius 1 is 0.500 bits per heavy atom. The monoisotopic (exact) mass is 583 g/mol. The van der Waals surface area contributed by atoms with E-state index in [-0.39, 0.29) is 22.3 Å². The van der Waals surface area contributed by atoms with E-state index in [1.165, 1.54) is 0 Å². The van der Waals surface area contributed by atoms with Crippen molar-refractivity contribution in [1.82, 2.24) is 29.9 Å². The molecular formula is C27HF4N13. The molecule has 3 aromatic rings. The number of fused-ring (bicyclic) bond motifs is 2. The average molecular weight is 583 g/mol. The van der Waals surface area contributed by atoms with E-state index < -0.39 is 86.1 Å². The number of nitrogens with zero attached hydrogens (tertiary/aromatic N) is 13. The van der Waals surface area contributed by atoms with Crippen molar-refractivity contribution in [1.29, 1.82) is 36.8 Å². The third-order valence-electron chi connectivity index (χ3n) is 6.26. The Hall–Kier alpha value is -7.65. The molecule has 2 aliphatic rings. The highest BCUT2D eigenvalue weighted by molar-refractivity contribution is 6.30. The summed E-state index contributed by atoms with van der Waals surface area (Å²) in [5, 5.41) is 69.8. The van der Waals surface area contributed by atoms with Gasteiger partial charge in [-0.15, -0.1) is 0 Å². The molecule has 0 spiro atoms. The van der Waals surface area contributed by atoms with Gasteiger partial charge in [0.15, 0.2) is 11.6 Å². The van der Waals surface area contributed by atoms with E-state index in [1.807, 2.05) is 0 Å². The number of nitriles is 7. The van der Waals surface area contributed by atoms with Crippen LogP contribution in [0.5, 0.6) is 0 Å². The van der Waals surface area contributed by atoms with Gasteiger partial charge in [-0.1, -0.05) is 0 Å². The van der Waals surface area contributed by atoms with Crippen LogP contribution in [0, 0.1) is 104 Å². The van der Waals surface area contributed by atoms with Crippen LogP contribution in [0.1, 0.15) is 39.5 Å². The molecule has 0 radical (unpaired) electrons. The highest BCUT2D eigenvalue weighted by atomic mass is 19.2. The number of hydrogen-bond donors (Lipinski definition) is 0. The first-order valence-corrected chi connectivity index (χ1v) is 11.3. The van der Waals surface area contributed by atoms with Crippen LogP contribution in [0.15, 0.2) is 17.2 Å². The summed E-state index contributed by atoms with van der Waals surface area (Å²) >= 11 is 0. The molecule has 0 unspecified atom stereocenters. The SMILES string of the molecule is N#CC(C#N)=C1C(c2nc(F)nc(F)n2)=C(C#N)c2cc3c(c(C#N)c21)C(=C(C#N)C#N)C(c1nc(F)nc(F)n1)=C3C#N. The molecule has 44 heavy (non-hydrogen) atoms. The molecule has 202 valence electrons. The molecule has 0 atom stereocenters. The highest BCUT2D eigenvalue weighted by Gasteiger charge is 2.42. The van der Waals surface area contributed by atoms with Gasteiger partial charge in [0, 0.05) is 44.5 Å². The van der Waals surface area contributed by atoms with Gasteiger partial charge in [0.05, 0.1) is 16.7 Å². The summed E-state index contributed by atoms with van der Waals surface area (Å²) in [6.45, 7) is 0. The first-order valence-electron chi connectivity index (χ1n) is 11.3. The van der Waals surface area contributed by atoms with E-state index in [0.29, 0.717) is 0 Å². The van der Waals surface area contributed by atoms with Gasteiger partial charge in [-0.3, -0.25) is 0 Å². The molecule has 0 saturated heterocycles. The predicted molar refractivity (Wildman–Crippen MR) is 132 cm³/mol. The minimum atomic E-state index is -1.62. The summed E-state index contributed by atoms with van der Waals surface area (Å²) in [6, 6.07) is 12.7. The van der Waals surface area contributed by atoms with Gasteiger partial charge in [-0.05, 0) is 6.07 Å². The molecule has 0 bridgehead atoms. The highest BCUT2D eigenvalue weighted by Crippen LogP contribution is 2.55. The van der Waals surface area contributed by atoms with E-state index in [0.717, 1.165) is 6.07 Å². The topological polar surface area (TPSA) is 244 Å². The summed E-state index contributed by atoms with van der Waals surface area (Å²) in [6.07, 6.45) is -6.50. The van der Waals surface area contributed by atoms with Gasteiger partial charge in [-0.25, -0.2) is 0 Å². The van der Waals surface area contributed by atoms with Crippen molar-refractivity contribution in [2.75, 3.05) is 0 Å². The fourth-order valence-electron chi connectivity index (χ4n) is 4.81. The second-order valence-corrected chi connectivity index (χ2v) is 8.27. The molecule has 2 heterocycles. The zero-order chi connectivity index (χ0) is 31.9. The van der Waals surface area contributed by atoms with Gasteiger partial charge in [-0.2, -0.15) is 84.3 Å². The number of allylic oxidation sites excluding steroid dienone is 8. The zero-order valence-corrected chi connectivity index (χ0v) is 20.9. The van der Waals surface area contributed by atoms with Crippen LogP contribution >= 0.6 is 0 Å². The minimum absolute atomic E-state index is 0.256. The number of rotatable bonds is 2. The van der Waals surface area contributed by atoms with Crippen LogP contribution in [0.25, 0.3) is 33.4 Å². The van der Waals surface area contributed by atoms with Crippen LogP contribution < -0.4 is 0 Å². The Kier molecular flexibility index (Phi) is 6.59. The molecule has 1 aromatic carbocycles. The fourth-order valence-corrected chi connectivity index (χ4v) is 4.81. The van der Waals surface area contributed by atoms with Gasteiger partial charge >= 0.3 is 24.3 Å². The molecular weight excluding hydrogens is 582 g/mol. The number of hydrogen-bond acceptors (Lipinski definition) is 13. The van der Waals surface area contributed by atoms with Gasteiger partial charge in [0.25, 0.3) is 0 Å². The van der Waals surface area contributed by atoms with Crippen LogP contribution in [-0.2, 0) is 0 Å². The number of aromatic nitrogens is 6. The van der Waals surface area contributed by atoms with Crippen molar-refractivity contribution in [3.8, 4) is 42.5 Å². The Morgan fingerprint density at radius 2 is 0.841 bits per heavy atom. The van der Waals surface area contributed by atoms with E-state index in [1.54, 1.807) is 42.5 Å². The van der Waals surface area contributed by atoms with Gasteiger partial charge in [0.1, 0.15) is 53.6 Å². The van der Waals surface area contributed by atoms with E-state index >= 15 is 0 Å². The summed E-state index contributed by atoms with van der Waals surface area (Å²) < 4.78 is 56.2. The Bertz CT molecular complexity index is 2120. The molecule has 0 aliphatic heterocycles. The maximum Gasteiger partial charge on any atom is 0.314 e. The van der Waals surface area contributed by atoms with Crippen LogP contribution in [0.4, 0.5) is 17.6 Å². The molecule has 13 nitrogen and oxygen atoms in total. The molecule has 2 aliphatic carbocycles. The predicted octanol–water partition coefficient (Wildman–Crippen LogP) is 2.98. The molecule has 0 N–H and O–H groups in total. The summed E-state index contributed by atoms with van der Waals surface area (Å²) in [7, 11) is 0. The molecule has 0 saturated carbocycles. The van der Waals surface area contributed by atoms with Crippen LogP contribution in [-0.4, -0.2) is 29.9 Å². The lowest BCUT2D eigenvalue weighted by Crippen LogP contribution is -2.06. The van der Waals surface area contributed by atoms with Gasteiger partial charge in [0.2, 0.25) is 0 Å². The Labute approximate surface area is 241 Å². The fraction of sp³-hybridized carbons (Fsp3) is 0. The Balaban J connectivity index is 2.05. The van der Waals surface area contributed by atoms with Crippen molar-refractivity contribution in [2.24, 2.45) is 0 Å². The molecule has 17 heteroatoms. The van der Waals surface area contributed by atoms with Crippen molar-refractivity contribution in [3.05, 3.63) is 81.0 Å². The van der Waals surface area contributed by atoms with Crippen LogP contribution in [0.2, 0.25) is 0 Å². The summed E-state index contributed by atoms with van der Waals surface area (Å²) in [5.41, 5.74) is -6.48. The molecule has 0 fully saturated rings. The lowest BCUT2D eigenvalue weighted by Gasteiger charge is -2.14. The summed E-state index contributed by atoms with van der Waals surface area (Å²) in [4.78, 5) is 19.1. The van der Waals surface area contributed by atoms with Crippen molar-refractivity contribution < 1.29 is 17.6 Å². The van der Waals surface area contributed by atoms with E-state index in [4.69, 9.17) is 0 Å². The largest absolute Gasteiger partial charge is 0.314 e. The normalized spacial score (nSPS) is 12.6. The lowest BCUT2D eigenvalue weighted by atomic mass is 9.85. The van der Waals surface area contributed by atoms with Crippen molar-refractivity contribution in [2.45, 2.75) is 0 Å². The van der Waals surface area contributed by atoms with Crippen LogP contribution in [0.3, 0.4) is 0 Å². The maximum absolute atomic E-state index is 14.1.